The third-order valence-corrected chi connectivity index (χ3v) is 3.09. The van der Waals surface area contributed by atoms with Crippen LogP contribution in [-0.4, -0.2) is 12.4 Å². The van der Waals surface area contributed by atoms with Crippen LogP contribution in [0.4, 0.5) is 0 Å². The lowest BCUT2D eigenvalue weighted by molar-refractivity contribution is -0.272. The van der Waals surface area contributed by atoms with Crippen molar-refractivity contribution in [2.24, 2.45) is 11.8 Å². The average Bonchev–Trinajstić information content (AvgIpc) is 2.18. The molecule has 0 aliphatic rings. The first kappa shape index (κ1) is 13.9. The van der Waals surface area contributed by atoms with E-state index in [0.29, 0.717) is 18.9 Å². The third-order valence-electron chi connectivity index (χ3n) is 3.09. The number of ether oxygens (including phenoxy) is 1. The molecule has 0 fully saturated rings. The van der Waals surface area contributed by atoms with E-state index in [9.17, 15) is 5.11 Å². The summed E-state index contributed by atoms with van der Waals surface area (Å²) < 4.78 is 5.53. The maximum absolute atomic E-state index is 12.1. The molecule has 0 heterocycles. The van der Waals surface area contributed by atoms with Crippen LogP contribution in [0.1, 0.15) is 53.9 Å². The normalized spacial score (nSPS) is 16.3. The van der Waals surface area contributed by atoms with Gasteiger partial charge in [0.2, 0.25) is 5.79 Å². The molecule has 2 heteroatoms. The fourth-order valence-corrected chi connectivity index (χ4v) is 1.46. The van der Waals surface area contributed by atoms with Crippen LogP contribution >= 0.6 is 0 Å². The van der Waals surface area contributed by atoms with Crippen molar-refractivity contribution >= 4 is 0 Å². The molecule has 0 aliphatic heterocycles. The highest BCUT2D eigenvalue weighted by Gasteiger charge is 2.32. The van der Waals surface area contributed by atoms with E-state index in [0.717, 1.165) is 12.8 Å². The summed E-state index contributed by atoms with van der Waals surface area (Å²) in [5, 5.41) is 12.1. The van der Waals surface area contributed by atoms with Crippen LogP contribution in [0, 0.1) is 11.8 Å². The molecule has 0 aromatic heterocycles. The van der Waals surface area contributed by atoms with Crippen LogP contribution in [0.2, 0.25) is 0 Å². The van der Waals surface area contributed by atoms with Crippen molar-refractivity contribution in [3.05, 3.63) is 0 Å². The SMILES string of the molecule is CCC(CC)COC([O])(CC)C(C)C. The predicted molar refractivity (Wildman–Crippen MR) is 58.6 cm³/mol. The second-order valence-electron chi connectivity index (χ2n) is 4.31. The van der Waals surface area contributed by atoms with Crippen molar-refractivity contribution in [1.82, 2.24) is 0 Å². The van der Waals surface area contributed by atoms with Crippen LogP contribution < -0.4 is 0 Å². The first-order valence-corrected chi connectivity index (χ1v) is 5.84. The zero-order chi connectivity index (χ0) is 11.2. The maximum atomic E-state index is 12.1. The van der Waals surface area contributed by atoms with Crippen molar-refractivity contribution in [2.45, 2.75) is 59.7 Å². The Labute approximate surface area is 88.7 Å². The highest BCUT2D eigenvalue weighted by atomic mass is 16.6. The van der Waals surface area contributed by atoms with Crippen molar-refractivity contribution in [3.8, 4) is 0 Å². The Morgan fingerprint density at radius 2 is 1.64 bits per heavy atom. The molecule has 0 spiro atoms. The lowest BCUT2D eigenvalue weighted by Crippen LogP contribution is -2.37. The second kappa shape index (κ2) is 6.41. The molecule has 2 nitrogen and oxygen atoms in total. The molecule has 1 atom stereocenters. The van der Waals surface area contributed by atoms with Gasteiger partial charge < -0.3 is 4.74 Å². The molecule has 0 saturated carbocycles. The Hall–Kier alpha value is -0.0800. The van der Waals surface area contributed by atoms with Crippen molar-refractivity contribution < 1.29 is 9.84 Å². The zero-order valence-corrected chi connectivity index (χ0v) is 10.3. The van der Waals surface area contributed by atoms with Gasteiger partial charge >= 0.3 is 0 Å². The van der Waals surface area contributed by atoms with Crippen molar-refractivity contribution in [3.63, 3.8) is 0 Å². The van der Waals surface area contributed by atoms with E-state index in [1.165, 1.54) is 0 Å². The number of hydrogen-bond donors (Lipinski definition) is 0. The number of hydrogen-bond acceptors (Lipinski definition) is 1. The Kier molecular flexibility index (Phi) is 6.38. The van der Waals surface area contributed by atoms with E-state index in [1.807, 2.05) is 20.8 Å². The van der Waals surface area contributed by atoms with E-state index in [2.05, 4.69) is 13.8 Å². The summed E-state index contributed by atoms with van der Waals surface area (Å²) in [6.45, 7) is 10.7. The van der Waals surface area contributed by atoms with Gasteiger partial charge in [0.05, 0.1) is 6.61 Å². The summed E-state index contributed by atoms with van der Waals surface area (Å²) in [4.78, 5) is 0. The molecule has 0 amide bonds. The molecule has 1 radical (unpaired) electrons. The zero-order valence-electron chi connectivity index (χ0n) is 10.3. The first-order valence-electron chi connectivity index (χ1n) is 5.84. The van der Waals surface area contributed by atoms with E-state index in [-0.39, 0.29) is 5.92 Å². The fourth-order valence-electron chi connectivity index (χ4n) is 1.46. The van der Waals surface area contributed by atoms with Crippen LogP contribution in [0.3, 0.4) is 0 Å². The molecule has 85 valence electrons. The van der Waals surface area contributed by atoms with Gasteiger partial charge in [0.25, 0.3) is 0 Å². The van der Waals surface area contributed by atoms with Gasteiger partial charge in [0.15, 0.2) is 0 Å². The van der Waals surface area contributed by atoms with Gasteiger partial charge in [-0.1, -0.05) is 47.5 Å². The number of rotatable bonds is 7. The van der Waals surface area contributed by atoms with Crippen molar-refractivity contribution in [1.29, 1.82) is 0 Å². The summed E-state index contributed by atoms with van der Waals surface area (Å²) in [5.74, 6) is -0.599. The first-order chi connectivity index (χ1) is 6.50. The monoisotopic (exact) mass is 201 g/mol. The fraction of sp³-hybridized carbons (Fsp3) is 1.00. The van der Waals surface area contributed by atoms with Crippen LogP contribution in [0.25, 0.3) is 0 Å². The van der Waals surface area contributed by atoms with E-state index in [4.69, 9.17) is 4.74 Å². The lowest BCUT2D eigenvalue weighted by Gasteiger charge is -2.30. The predicted octanol–water partition coefficient (Wildman–Crippen LogP) is 3.63. The van der Waals surface area contributed by atoms with Gasteiger partial charge in [0.1, 0.15) is 0 Å². The van der Waals surface area contributed by atoms with Gasteiger partial charge in [-0.2, -0.15) is 5.11 Å². The molecular weight excluding hydrogens is 176 g/mol. The second-order valence-corrected chi connectivity index (χ2v) is 4.31. The van der Waals surface area contributed by atoms with E-state index < -0.39 is 5.79 Å². The van der Waals surface area contributed by atoms with Gasteiger partial charge in [-0.25, -0.2) is 0 Å². The molecule has 1 unspecified atom stereocenters. The smallest absolute Gasteiger partial charge is 0.203 e. The minimum Gasteiger partial charge on any atom is -0.347 e. The maximum Gasteiger partial charge on any atom is 0.203 e. The molecule has 0 rings (SSSR count). The summed E-state index contributed by atoms with van der Waals surface area (Å²) in [6.07, 6.45) is 2.73. The molecule has 0 bridgehead atoms. The van der Waals surface area contributed by atoms with Gasteiger partial charge in [-0.15, -0.1) is 0 Å². The van der Waals surface area contributed by atoms with E-state index >= 15 is 0 Å². The molecular formula is C12H25O2. The van der Waals surface area contributed by atoms with Crippen molar-refractivity contribution in [2.75, 3.05) is 6.61 Å². The lowest BCUT2D eigenvalue weighted by atomic mass is 9.99. The minimum absolute atomic E-state index is 0.0434. The van der Waals surface area contributed by atoms with Gasteiger partial charge in [-0.05, 0) is 5.92 Å². The Balaban J connectivity index is 4.06. The van der Waals surface area contributed by atoms with Gasteiger partial charge in [0, 0.05) is 12.3 Å². The summed E-state index contributed by atoms with van der Waals surface area (Å²) >= 11 is 0. The van der Waals surface area contributed by atoms with Crippen LogP contribution in [0.5, 0.6) is 0 Å². The highest BCUT2D eigenvalue weighted by Crippen LogP contribution is 2.25. The molecule has 0 N–H and O–H groups in total. The molecule has 0 aliphatic carbocycles. The third kappa shape index (κ3) is 3.97. The van der Waals surface area contributed by atoms with Crippen LogP contribution in [0.15, 0.2) is 0 Å². The standard InChI is InChI=1S/C12H25O2/c1-6-11(7-2)9-14-12(13,8-3)10(4)5/h10-11H,6-9H2,1-5H3. The van der Waals surface area contributed by atoms with Gasteiger partial charge in [-0.3, -0.25) is 0 Å². The highest BCUT2D eigenvalue weighted by molar-refractivity contribution is 4.69. The Bertz CT molecular complexity index is 141. The topological polar surface area (TPSA) is 29.1 Å². The quantitative estimate of drug-likeness (QED) is 0.578. The summed E-state index contributed by atoms with van der Waals surface area (Å²) in [5.41, 5.74) is 0. The largest absolute Gasteiger partial charge is 0.347 e. The van der Waals surface area contributed by atoms with E-state index in [1.54, 1.807) is 0 Å². The molecule has 14 heavy (non-hydrogen) atoms. The Morgan fingerprint density at radius 3 is 1.93 bits per heavy atom. The molecule has 0 saturated heterocycles. The molecule has 0 aromatic rings. The summed E-state index contributed by atoms with van der Waals surface area (Å²) in [7, 11) is 0. The Morgan fingerprint density at radius 1 is 1.14 bits per heavy atom. The molecule has 0 aromatic carbocycles. The minimum atomic E-state index is -1.18. The summed E-state index contributed by atoms with van der Waals surface area (Å²) in [6, 6.07) is 0. The van der Waals surface area contributed by atoms with Crippen LogP contribution in [-0.2, 0) is 9.84 Å². The average molecular weight is 201 g/mol.